The number of carbonyl (C=O) groups excluding carboxylic acids is 2. The number of hydrogen-bond acceptors (Lipinski definition) is 5. The van der Waals surface area contributed by atoms with Gasteiger partial charge in [0.05, 0.1) is 14.2 Å². The highest BCUT2D eigenvalue weighted by atomic mass is 35.5. The third-order valence-corrected chi connectivity index (χ3v) is 5.18. The van der Waals surface area contributed by atoms with E-state index < -0.39 is 0 Å². The fourth-order valence-corrected chi connectivity index (χ4v) is 3.19. The first-order valence-corrected chi connectivity index (χ1v) is 10.6. The Morgan fingerprint density at radius 3 is 2.06 bits per heavy atom. The molecule has 0 saturated carbocycles. The topological polar surface area (TPSA) is 85.9 Å². The van der Waals surface area contributed by atoms with Crippen molar-refractivity contribution in [2.24, 2.45) is 0 Å². The molecule has 8 heteroatoms. The molecule has 0 atom stereocenters. The quantitative estimate of drug-likeness (QED) is 0.437. The standard InChI is InChI=1S/C25H25ClN2O5/c1-31-20-10-7-17(8-11-20)24(29)27-13-14-28-25(30)18-9-12-22(23(15-18)32-2)33-16-19-5-3-4-6-21(19)26/h3-12,15H,13-14,16H2,1-2H3,(H,27,29)(H,28,30). The molecule has 3 aromatic carbocycles. The fraction of sp³-hybridized carbons (Fsp3) is 0.200. The van der Waals surface area contributed by atoms with Gasteiger partial charge in [-0.3, -0.25) is 9.59 Å². The van der Waals surface area contributed by atoms with Gasteiger partial charge in [0.2, 0.25) is 0 Å². The minimum atomic E-state index is -0.287. The van der Waals surface area contributed by atoms with Crippen molar-refractivity contribution >= 4 is 23.4 Å². The smallest absolute Gasteiger partial charge is 0.251 e. The Balaban J connectivity index is 1.50. The molecule has 0 aliphatic heterocycles. The van der Waals surface area contributed by atoms with Crippen molar-refractivity contribution in [3.8, 4) is 17.2 Å². The van der Waals surface area contributed by atoms with Crippen LogP contribution in [0.25, 0.3) is 0 Å². The van der Waals surface area contributed by atoms with Crippen LogP contribution in [-0.2, 0) is 6.61 Å². The number of halogens is 1. The Bertz CT molecular complexity index is 1100. The molecule has 3 aromatic rings. The van der Waals surface area contributed by atoms with Gasteiger partial charge in [0, 0.05) is 34.8 Å². The second-order valence-electron chi connectivity index (χ2n) is 6.99. The molecule has 0 unspecified atom stereocenters. The number of nitrogens with one attached hydrogen (secondary N) is 2. The molecule has 0 aromatic heterocycles. The van der Waals surface area contributed by atoms with Crippen LogP contribution in [0, 0.1) is 0 Å². The second kappa shape index (κ2) is 11.8. The summed E-state index contributed by atoms with van der Waals surface area (Å²) in [6.07, 6.45) is 0. The number of ether oxygens (including phenoxy) is 3. The lowest BCUT2D eigenvalue weighted by molar-refractivity contribution is 0.0927. The van der Waals surface area contributed by atoms with Crippen LogP contribution in [0.15, 0.2) is 66.7 Å². The lowest BCUT2D eigenvalue weighted by atomic mass is 10.2. The molecule has 0 aliphatic rings. The molecule has 3 rings (SSSR count). The van der Waals surface area contributed by atoms with Crippen LogP contribution in [-0.4, -0.2) is 39.1 Å². The van der Waals surface area contributed by atoms with Crippen LogP contribution in [0.5, 0.6) is 17.2 Å². The van der Waals surface area contributed by atoms with Crippen molar-refractivity contribution in [3.63, 3.8) is 0 Å². The summed E-state index contributed by atoms with van der Waals surface area (Å²) in [6.45, 7) is 0.829. The first-order chi connectivity index (χ1) is 16.0. The van der Waals surface area contributed by atoms with Gasteiger partial charge in [0.1, 0.15) is 12.4 Å². The first-order valence-electron chi connectivity index (χ1n) is 10.3. The summed E-state index contributed by atoms with van der Waals surface area (Å²) < 4.78 is 16.3. The van der Waals surface area contributed by atoms with Crippen molar-refractivity contribution in [2.45, 2.75) is 6.61 Å². The van der Waals surface area contributed by atoms with Gasteiger partial charge in [-0.05, 0) is 48.5 Å². The molecule has 2 N–H and O–H groups in total. The van der Waals surface area contributed by atoms with Gasteiger partial charge in [-0.15, -0.1) is 0 Å². The van der Waals surface area contributed by atoms with Crippen molar-refractivity contribution in [1.29, 1.82) is 0 Å². The maximum Gasteiger partial charge on any atom is 0.251 e. The first kappa shape index (κ1) is 23.9. The number of benzene rings is 3. The molecule has 0 saturated heterocycles. The highest BCUT2D eigenvalue weighted by molar-refractivity contribution is 6.31. The van der Waals surface area contributed by atoms with Gasteiger partial charge >= 0.3 is 0 Å². The molecular formula is C25H25ClN2O5. The Morgan fingerprint density at radius 1 is 0.788 bits per heavy atom. The van der Waals surface area contributed by atoms with Crippen molar-refractivity contribution < 1.29 is 23.8 Å². The number of rotatable bonds is 10. The van der Waals surface area contributed by atoms with Gasteiger partial charge in [-0.2, -0.15) is 0 Å². The molecule has 7 nitrogen and oxygen atoms in total. The van der Waals surface area contributed by atoms with E-state index in [2.05, 4.69) is 10.6 Å². The molecular weight excluding hydrogens is 444 g/mol. The Morgan fingerprint density at radius 2 is 1.42 bits per heavy atom. The number of methoxy groups -OCH3 is 2. The SMILES string of the molecule is COc1ccc(C(=O)NCCNC(=O)c2ccc(OCc3ccccc3Cl)c(OC)c2)cc1. The maximum atomic E-state index is 12.5. The summed E-state index contributed by atoms with van der Waals surface area (Å²) in [4.78, 5) is 24.6. The predicted molar refractivity (Wildman–Crippen MR) is 126 cm³/mol. The van der Waals surface area contributed by atoms with Crippen LogP contribution < -0.4 is 24.8 Å². The highest BCUT2D eigenvalue weighted by Gasteiger charge is 2.12. The van der Waals surface area contributed by atoms with E-state index in [1.807, 2.05) is 18.2 Å². The summed E-state index contributed by atoms with van der Waals surface area (Å²) in [7, 11) is 3.07. The molecule has 0 bridgehead atoms. The van der Waals surface area contributed by atoms with Gasteiger partial charge in [-0.25, -0.2) is 0 Å². The molecule has 172 valence electrons. The van der Waals surface area contributed by atoms with E-state index in [1.54, 1.807) is 55.6 Å². The predicted octanol–water partition coefficient (Wildman–Crippen LogP) is 4.10. The van der Waals surface area contributed by atoms with Crippen LogP contribution in [0.2, 0.25) is 5.02 Å². The van der Waals surface area contributed by atoms with Gasteiger partial charge in [0.25, 0.3) is 11.8 Å². The Labute approximate surface area is 197 Å². The summed E-state index contributed by atoms with van der Waals surface area (Å²) >= 11 is 6.16. The van der Waals surface area contributed by atoms with E-state index in [0.717, 1.165) is 5.56 Å². The van der Waals surface area contributed by atoms with Crippen LogP contribution in [0.4, 0.5) is 0 Å². The zero-order valence-electron chi connectivity index (χ0n) is 18.4. The van der Waals surface area contributed by atoms with E-state index >= 15 is 0 Å². The van der Waals surface area contributed by atoms with E-state index in [9.17, 15) is 9.59 Å². The number of carbonyl (C=O) groups is 2. The minimum absolute atomic E-state index is 0.228. The van der Waals surface area contributed by atoms with E-state index in [0.29, 0.717) is 33.4 Å². The van der Waals surface area contributed by atoms with Crippen LogP contribution in [0.1, 0.15) is 26.3 Å². The van der Waals surface area contributed by atoms with E-state index in [4.69, 9.17) is 25.8 Å². The molecule has 0 heterocycles. The zero-order valence-corrected chi connectivity index (χ0v) is 19.1. The lowest BCUT2D eigenvalue weighted by Crippen LogP contribution is -2.34. The van der Waals surface area contributed by atoms with Gasteiger partial charge in [0.15, 0.2) is 11.5 Å². The van der Waals surface area contributed by atoms with Gasteiger partial charge < -0.3 is 24.8 Å². The number of hydrogen-bond donors (Lipinski definition) is 2. The minimum Gasteiger partial charge on any atom is -0.497 e. The van der Waals surface area contributed by atoms with Crippen LogP contribution >= 0.6 is 11.6 Å². The zero-order chi connectivity index (χ0) is 23.6. The maximum absolute atomic E-state index is 12.5. The Hall–Kier alpha value is -3.71. The van der Waals surface area contributed by atoms with E-state index in [-0.39, 0.29) is 31.5 Å². The van der Waals surface area contributed by atoms with Crippen molar-refractivity contribution in [1.82, 2.24) is 10.6 Å². The van der Waals surface area contributed by atoms with Crippen LogP contribution in [0.3, 0.4) is 0 Å². The lowest BCUT2D eigenvalue weighted by Gasteiger charge is -2.13. The van der Waals surface area contributed by atoms with Crippen molar-refractivity contribution in [3.05, 3.63) is 88.4 Å². The van der Waals surface area contributed by atoms with E-state index in [1.165, 1.54) is 7.11 Å². The molecule has 33 heavy (non-hydrogen) atoms. The summed E-state index contributed by atoms with van der Waals surface area (Å²) in [6, 6.07) is 19.1. The molecule has 0 fully saturated rings. The van der Waals surface area contributed by atoms with Gasteiger partial charge in [-0.1, -0.05) is 29.8 Å². The third kappa shape index (κ3) is 6.63. The Kier molecular flexibility index (Phi) is 8.55. The molecule has 0 aliphatic carbocycles. The highest BCUT2D eigenvalue weighted by Crippen LogP contribution is 2.29. The molecule has 0 spiro atoms. The fourth-order valence-electron chi connectivity index (χ4n) is 3.00. The van der Waals surface area contributed by atoms with Crippen molar-refractivity contribution in [2.75, 3.05) is 27.3 Å². The molecule has 0 radical (unpaired) electrons. The normalized spacial score (nSPS) is 10.3. The largest absolute Gasteiger partial charge is 0.497 e. The second-order valence-corrected chi connectivity index (χ2v) is 7.39. The monoisotopic (exact) mass is 468 g/mol. The number of amides is 2. The third-order valence-electron chi connectivity index (χ3n) is 4.82. The average molecular weight is 469 g/mol. The summed E-state index contributed by atoms with van der Waals surface area (Å²) in [5.41, 5.74) is 1.78. The molecule has 2 amide bonds. The summed E-state index contributed by atoms with van der Waals surface area (Å²) in [5.74, 6) is 1.09. The summed E-state index contributed by atoms with van der Waals surface area (Å²) in [5, 5.41) is 6.15. The average Bonchev–Trinajstić information content (AvgIpc) is 2.85.